The maximum absolute atomic E-state index is 12.4. The van der Waals surface area contributed by atoms with Crippen molar-refractivity contribution >= 4 is 23.6 Å². The third kappa shape index (κ3) is 5.85. The van der Waals surface area contributed by atoms with Crippen LogP contribution in [0.15, 0.2) is 24.3 Å². The molecule has 0 unspecified atom stereocenters. The molecular weight excluding hydrogens is 386 g/mol. The third-order valence-electron chi connectivity index (χ3n) is 4.40. The number of aryl methyl sites for hydroxylation is 2. The van der Waals surface area contributed by atoms with Gasteiger partial charge in [-0.2, -0.15) is 5.10 Å². The molecule has 8 heteroatoms. The molecule has 0 saturated heterocycles. The lowest BCUT2D eigenvalue weighted by Gasteiger charge is -2.13. The summed E-state index contributed by atoms with van der Waals surface area (Å²) in [6.07, 6.45) is 1.91. The molecule has 1 aromatic heterocycles. The Morgan fingerprint density at radius 2 is 1.83 bits per heavy atom. The van der Waals surface area contributed by atoms with E-state index < -0.39 is 18.0 Å². The number of rotatable bonds is 9. The standard InChI is InChI=1S/C22H29N3O5/c1-7-28-18-11-9-17(13-19(18)29-8-2)10-12-20(26)30-16(5)22(27)23-21-14(3)24-25(6)15(21)4/h9-13,16H,7-8H2,1-6H3,(H,23,27)/b12-10+/t16-/m1/s1. The van der Waals surface area contributed by atoms with E-state index in [1.807, 2.05) is 20.8 Å². The Labute approximate surface area is 176 Å². The fraction of sp³-hybridized carbons (Fsp3) is 0.409. The maximum atomic E-state index is 12.4. The average Bonchev–Trinajstić information content (AvgIpc) is 2.94. The van der Waals surface area contributed by atoms with Crippen LogP contribution >= 0.6 is 0 Å². The minimum Gasteiger partial charge on any atom is -0.490 e. The first-order valence-electron chi connectivity index (χ1n) is 9.86. The summed E-state index contributed by atoms with van der Waals surface area (Å²) in [6, 6.07) is 5.37. The average molecular weight is 415 g/mol. The largest absolute Gasteiger partial charge is 0.490 e. The summed E-state index contributed by atoms with van der Waals surface area (Å²) in [4.78, 5) is 24.5. The third-order valence-corrected chi connectivity index (χ3v) is 4.40. The molecule has 2 aromatic rings. The second kappa shape index (κ2) is 10.5. The molecule has 0 spiro atoms. The van der Waals surface area contributed by atoms with Gasteiger partial charge in [0.2, 0.25) is 0 Å². The van der Waals surface area contributed by atoms with E-state index in [4.69, 9.17) is 14.2 Å². The molecule has 0 bridgehead atoms. The molecule has 1 atom stereocenters. The van der Waals surface area contributed by atoms with Crippen LogP contribution in [0.25, 0.3) is 6.08 Å². The Kier molecular flexibility index (Phi) is 8.03. The monoisotopic (exact) mass is 415 g/mol. The minimum atomic E-state index is -0.958. The van der Waals surface area contributed by atoms with Gasteiger partial charge in [0.15, 0.2) is 17.6 Å². The van der Waals surface area contributed by atoms with Crippen LogP contribution in [0.1, 0.15) is 37.7 Å². The van der Waals surface area contributed by atoms with E-state index in [0.717, 1.165) is 11.3 Å². The molecule has 0 fully saturated rings. The number of nitrogens with zero attached hydrogens (tertiary/aromatic N) is 2. The minimum absolute atomic E-state index is 0.421. The predicted molar refractivity (Wildman–Crippen MR) is 115 cm³/mol. The van der Waals surface area contributed by atoms with Crippen molar-refractivity contribution in [3.8, 4) is 11.5 Å². The number of ether oxygens (including phenoxy) is 3. The van der Waals surface area contributed by atoms with E-state index >= 15 is 0 Å². The number of carbonyl (C=O) groups excluding carboxylic acids is 2. The number of carbonyl (C=O) groups is 2. The Morgan fingerprint density at radius 1 is 1.17 bits per heavy atom. The quantitative estimate of drug-likeness (QED) is 0.498. The van der Waals surface area contributed by atoms with Gasteiger partial charge in [-0.15, -0.1) is 0 Å². The Bertz CT molecular complexity index is 933. The summed E-state index contributed by atoms with van der Waals surface area (Å²) in [5, 5.41) is 7.01. The topological polar surface area (TPSA) is 91.7 Å². The van der Waals surface area contributed by atoms with Crippen molar-refractivity contribution in [1.82, 2.24) is 9.78 Å². The smallest absolute Gasteiger partial charge is 0.331 e. The lowest BCUT2D eigenvalue weighted by molar-refractivity contribution is -0.148. The van der Waals surface area contributed by atoms with Crippen molar-refractivity contribution in [2.75, 3.05) is 18.5 Å². The van der Waals surface area contributed by atoms with Crippen molar-refractivity contribution in [3.05, 3.63) is 41.2 Å². The first kappa shape index (κ1) is 23.0. The Hall–Kier alpha value is -3.29. The summed E-state index contributed by atoms with van der Waals surface area (Å²) in [5.41, 5.74) is 2.89. The van der Waals surface area contributed by atoms with Gasteiger partial charge in [0.05, 0.1) is 30.3 Å². The number of anilines is 1. The summed E-state index contributed by atoms with van der Waals surface area (Å²) >= 11 is 0. The summed E-state index contributed by atoms with van der Waals surface area (Å²) in [7, 11) is 1.80. The number of benzene rings is 1. The lowest BCUT2D eigenvalue weighted by Crippen LogP contribution is -2.29. The molecule has 1 amide bonds. The summed E-state index contributed by atoms with van der Waals surface area (Å²) in [6.45, 7) is 9.98. The molecule has 0 aliphatic carbocycles. The van der Waals surface area contributed by atoms with Crippen molar-refractivity contribution in [3.63, 3.8) is 0 Å². The highest BCUT2D eigenvalue weighted by molar-refractivity contribution is 5.97. The lowest BCUT2D eigenvalue weighted by atomic mass is 10.2. The number of amides is 1. The number of nitrogens with one attached hydrogen (secondary N) is 1. The fourth-order valence-corrected chi connectivity index (χ4v) is 2.78. The van der Waals surface area contributed by atoms with E-state index in [-0.39, 0.29) is 0 Å². The van der Waals surface area contributed by atoms with Gasteiger partial charge in [0.1, 0.15) is 0 Å². The maximum Gasteiger partial charge on any atom is 0.331 e. The molecule has 30 heavy (non-hydrogen) atoms. The Morgan fingerprint density at radius 3 is 2.43 bits per heavy atom. The Balaban J connectivity index is 1.99. The molecule has 162 valence electrons. The zero-order valence-corrected chi connectivity index (χ0v) is 18.3. The normalized spacial score (nSPS) is 11.9. The van der Waals surface area contributed by atoms with Crippen LogP contribution in [-0.2, 0) is 21.4 Å². The highest BCUT2D eigenvalue weighted by Gasteiger charge is 2.20. The van der Waals surface area contributed by atoms with E-state index in [1.165, 1.54) is 13.0 Å². The zero-order chi connectivity index (χ0) is 22.3. The van der Waals surface area contributed by atoms with E-state index in [0.29, 0.717) is 36.1 Å². The van der Waals surface area contributed by atoms with Crippen LogP contribution in [0.3, 0.4) is 0 Å². The van der Waals surface area contributed by atoms with Crippen LogP contribution in [0.4, 0.5) is 5.69 Å². The van der Waals surface area contributed by atoms with Crippen LogP contribution in [0.2, 0.25) is 0 Å². The second-order valence-electron chi connectivity index (χ2n) is 6.64. The molecule has 0 aliphatic heterocycles. The van der Waals surface area contributed by atoms with Crippen molar-refractivity contribution in [1.29, 1.82) is 0 Å². The number of aromatic nitrogens is 2. The highest BCUT2D eigenvalue weighted by atomic mass is 16.5. The molecule has 2 rings (SSSR count). The molecule has 8 nitrogen and oxygen atoms in total. The van der Waals surface area contributed by atoms with E-state index in [2.05, 4.69) is 10.4 Å². The van der Waals surface area contributed by atoms with Gasteiger partial charge in [0, 0.05) is 13.1 Å². The van der Waals surface area contributed by atoms with Crippen LogP contribution < -0.4 is 14.8 Å². The first-order valence-corrected chi connectivity index (χ1v) is 9.86. The van der Waals surface area contributed by atoms with Crippen molar-refractivity contribution < 1.29 is 23.8 Å². The van der Waals surface area contributed by atoms with Gasteiger partial charge >= 0.3 is 5.97 Å². The molecule has 1 heterocycles. The molecule has 0 radical (unpaired) electrons. The van der Waals surface area contributed by atoms with E-state index in [1.54, 1.807) is 42.9 Å². The van der Waals surface area contributed by atoms with Gasteiger partial charge in [-0.25, -0.2) is 4.79 Å². The van der Waals surface area contributed by atoms with Gasteiger partial charge in [-0.1, -0.05) is 6.07 Å². The first-order chi connectivity index (χ1) is 14.3. The molecule has 0 aliphatic rings. The van der Waals surface area contributed by atoms with Gasteiger partial charge in [-0.05, 0) is 58.4 Å². The molecule has 1 N–H and O–H groups in total. The fourth-order valence-electron chi connectivity index (χ4n) is 2.78. The molecular formula is C22H29N3O5. The van der Waals surface area contributed by atoms with Crippen molar-refractivity contribution in [2.45, 2.75) is 40.7 Å². The summed E-state index contributed by atoms with van der Waals surface area (Å²) in [5.74, 6) is 0.204. The highest BCUT2D eigenvalue weighted by Crippen LogP contribution is 2.29. The SMILES string of the molecule is CCOc1ccc(/C=C/C(=O)O[C@H](C)C(=O)Nc2c(C)nn(C)c2C)cc1OCC. The molecule has 0 saturated carbocycles. The zero-order valence-electron chi connectivity index (χ0n) is 18.3. The molecule has 1 aromatic carbocycles. The number of esters is 1. The van der Waals surface area contributed by atoms with E-state index in [9.17, 15) is 9.59 Å². The van der Waals surface area contributed by atoms with Gasteiger partial charge in [-0.3, -0.25) is 9.48 Å². The number of hydrogen-bond donors (Lipinski definition) is 1. The van der Waals surface area contributed by atoms with Crippen molar-refractivity contribution in [2.24, 2.45) is 7.05 Å². The second-order valence-corrected chi connectivity index (χ2v) is 6.64. The van der Waals surface area contributed by atoms with Crippen LogP contribution in [-0.4, -0.2) is 41.0 Å². The van der Waals surface area contributed by atoms with Gasteiger partial charge in [0.25, 0.3) is 5.91 Å². The number of hydrogen-bond acceptors (Lipinski definition) is 6. The summed E-state index contributed by atoms with van der Waals surface area (Å²) < 4.78 is 18.0. The van der Waals surface area contributed by atoms with Gasteiger partial charge < -0.3 is 19.5 Å². The van der Waals surface area contributed by atoms with Crippen LogP contribution in [0.5, 0.6) is 11.5 Å². The predicted octanol–water partition coefficient (Wildman–Crippen LogP) is 3.42. The van der Waals surface area contributed by atoms with Crippen LogP contribution in [0, 0.1) is 13.8 Å².